The number of piperidine rings is 1. The lowest BCUT2D eigenvalue weighted by Gasteiger charge is -2.35. The Morgan fingerprint density at radius 2 is 1.91 bits per heavy atom. The van der Waals surface area contributed by atoms with Gasteiger partial charge in [-0.25, -0.2) is 4.68 Å². The Bertz CT molecular complexity index is 1220. The quantitative estimate of drug-likeness (QED) is 0.597. The van der Waals surface area contributed by atoms with Gasteiger partial charge in [-0.3, -0.25) is 19.4 Å². The number of amides is 3. The molecule has 3 amide bonds. The number of hydrogen-bond acceptors (Lipinski definition) is 5. The SMILES string of the molecule is Cc1cc(C)n(-c2cccc([C@@H]3CCCCN3C(=O)C(=O)Nc3cncc(C(N)=O)c3)c2)n1. The van der Waals surface area contributed by atoms with Gasteiger partial charge in [0.15, 0.2) is 0 Å². The molecule has 3 aromatic rings. The normalized spacial score (nSPS) is 15.8. The van der Waals surface area contributed by atoms with E-state index in [1.807, 2.05) is 48.9 Å². The Labute approximate surface area is 191 Å². The standard InChI is InChI=1S/C24H26N6O3/c1-15-10-16(2)30(28-15)20-7-5-6-17(12-20)21-8-3-4-9-29(21)24(33)23(32)27-19-11-18(22(25)31)13-26-14-19/h5-7,10-14,21H,3-4,8-9H2,1-2H3,(H2,25,31)(H,27,32)/t21-/m0/s1. The third-order valence-corrected chi connectivity index (χ3v) is 5.75. The van der Waals surface area contributed by atoms with E-state index in [1.165, 1.54) is 18.5 Å². The van der Waals surface area contributed by atoms with E-state index in [0.717, 1.165) is 41.9 Å². The van der Waals surface area contributed by atoms with Gasteiger partial charge in [0.05, 0.1) is 34.9 Å². The predicted molar refractivity (Wildman–Crippen MR) is 123 cm³/mol. The van der Waals surface area contributed by atoms with Gasteiger partial charge in [0.2, 0.25) is 5.91 Å². The average molecular weight is 447 g/mol. The van der Waals surface area contributed by atoms with Crippen molar-refractivity contribution in [2.75, 3.05) is 11.9 Å². The van der Waals surface area contributed by atoms with Crippen molar-refractivity contribution in [3.8, 4) is 5.69 Å². The molecule has 170 valence electrons. The molecule has 0 spiro atoms. The van der Waals surface area contributed by atoms with Crippen LogP contribution < -0.4 is 11.1 Å². The van der Waals surface area contributed by atoms with E-state index in [1.54, 1.807) is 4.90 Å². The van der Waals surface area contributed by atoms with Crippen molar-refractivity contribution in [3.05, 3.63) is 71.3 Å². The molecule has 1 saturated heterocycles. The van der Waals surface area contributed by atoms with Crippen LogP contribution in [0.5, 0.6) is 0 Å². The van der Waals surface area contributed by atoms with Crippen LogP contribution in [-0.4, -0.2) is 43.9 Å². The molecule has 2 aromatic heterocycles. The summed E-state index contributed by atoms with van der Waals surface area (Å²) in [7, 11) is 0. The van der Waals surface area contributed by atoms with Crippen LogP contribution in [-0.2, 0) is 9.59 Å². The van der Waals surface area contributed by atoms with Crippen LogP contribution in [0.25, 0.3) is 5.69 Å². The van der Waals surface area contributed by atoms with Crippen molar-refractivity contribution in [1.82, 2.24) is 19.7 Å². The van der Waals surface area contributed by atoms with E-state index in [4.69, 9.17) is 5.73 Å². The molecule has 1 fully saturated rings. The van der Waals surface area contributed by atoms with E-state index >= 15 is 0 Å². The highest BCUT2D eigenvalue weighted by Gasteiger charge is 2.32. The lowest BCUT2D eigenvalue weighted by Crippen LogP contribution is -2.44. The van der Waals surface area contributed by atoms with Crippen molar-refractivity contribution in [1.29, 1.82) is 0 Å². The zero-order valence-corrected chi connectivity index (χ0v) is 18.6. The average Bonchev–Trinajstić information content (AvgIpc) is 3.16. The third-order valence-electron chi connectivity index (χ3n) is 5.75. The Morgan fingerprint density at radius 1 is 1.09 bits per heavy atom. The van der Waals surface area contributed by atoms with Crippen molar-refractivity contribution >= 4 is 23.4 Å². The van der Waals surface area contributed by atoms with Gasteiger partial charge in [-0.1, -0.05) is 12.1 Å². The fourth-order valence-electron chi connectivity index (χ4n) is 4.23. The highest BCUT2D eigenvalue weighted by molar-refractivity contribution is 6.39. The number of carbonyl (C=O) groups excluding carboxylic acids is 3. The maximum atomic E-state index is 13.1. The molecule has 0 aliphatic carbocycles. The lowest BCUT2D eigenvalue weighted by molar-refractivity contribution is -0.145. The molecule has 4 rings (SSSR count). The molecule has 9 heteroatoms. The molecule has 0 radical (unpaired) electrons. The smallest absolute Gasteiger partial charge is 0.313 e. The first-order valence-electron chi connectivity index (χ1n) is 10.8. The number of nitrogens with one attached hydrogen (secondary N) is 1. The van der Waals surface area contributed by atoms with Gasteiger partial charge in [-0.15, -0.1) is 0 Å². The second kappa shape index (κ2) is 9.23. The molecule has 1 atom stereocenters. The summed E-state index contributed by atoms with van der Waals surface area (Å²) in [4.78, 5) is 42.7. The van der Waals surface area contributed by atoms with E-state index < -0.39 is 17.7 Å². The molecule has 1 aliphatic heterocycles. The summed E-state index contributed by atoms with van der Waals surface area (Å²) in [5.74, 6) is -2.07. The zero-order valence-electron chi connectivity index (χ0n) is 18.6. The monoisotopic (exact) mass is 446 g/mol. The van der Waals surface area contributed by atoms with Crippen molar-refractivity contribution in [3.63, 3.8) is 0 Å². The first-order valence-corrected chi connectivity index (χ1v) is 10.8. The number of anilines is 1. The number of likely N-dealkylation sites (tertiary alicyclic amines) is 1. The van der Waals surface area contributed by atoms with Crippen LogP contribution in [0.1, 0.15) is 52.6 Å². The lowest BCUT2D eigenvalue weighted by atomic mass is 9.94. The molecule has 3 heterocycles. The Morgan fingerprint density at radius 3 is 2.64 bits per heavy atom. The van der Waals surface area contributed by atoms with Crippen LogP contribution in [0.2, 0.25) is 0 Å². The molecule has 3 N–H and O–H groups in total. The predicted octanol–water partition coefficient (Wildman–Crippen LogP) is 2.68. The number of carbonyl (C=O) groups is 3. The van der Waals surface area contributed by atoms with Crippen molar-refractivity contribution in [2.45, 2.75) is 39.2 Å². The number of aryl methyl sites for hydroxylation is 2. The maximum Gasteiger partial charge on any atom is 0.313 e. The number of aromatic nitrogens is 3. The molecule has 0 bridgehead atoms. The number of nitrogens with two attached hydrogens (primary N) is 1. The number of pyridine rings is 1. The van der Waals surface area contributed by atoms with Crippen molar-refractivity contribution in [2.24, 2.45) is 5.73 Å². The fourth-order valence-corrected chi connectivity index (χ4v) is 4.23. The maximum absolute atomic E-state index is 13.1. The summed E-state index contributed by atoms with van der Waals surface area (Å²) < 4.78 is 1.87. The topological polar surface area (TPSA) is 123 Å². The summed E-state index contributed by atoms with van der Waals surface area (Å²) in [6, 6.07) is 11.1. The number of rotatable bonds is 4. The zero-order chi connectivity index (χ0) is 23.5. The van der Waals surface area contributed by atoms with Gasteiger partial charge in [0.25, 0.3) is 0 Å². The van der Waals surface area contributed by atoms with Crippen LogP contribution in [0, 0.1) is 13.8 Å². The van der Waals surface area contributed by atoms with Crippen LogP contribution >= 0.6 is 0 Å². The van der Waals surface area contributed by atoms with Crippen LogP contribution in [0.15, 0.2) is 48.8 Å². The van der Waals surface area contributed by atoms with Crippen LogP contribution in [0.3, 0.4) is 0 Å². The molecule has 33 heavy (non-hydrogen) atoms. The second-order valence-corrected chi connectivity index (χ2v) is 8.22. The molecular formula is C24H26N6O3. The van der Waals surface area contributed by atoms with Crippen molar-refractivity contribution < 1.29 is 14.4 Å². The van der Waals surface area contributed by atoms with E-state index in [9.17, 15) is 14.4 Å². The molecule has 1 aromatic carbocycles. The molecule has 0 unspecified atom stereocenters. The fraction of sp³-hybridized carbons (Fsp3) is 0.292. The second-order valence-electron chi connectivity index (χ2n) is 8.22. The Balaban J connectivity index is 1.56. The number of benzene rings is 1. The van der Waals surface area contributed by atoms with Gasteiger partial charge in [0, 0.05) is 18.4 Å². The first-order chi connectivity index (χ1) is 15.8. The number of hydrogen-bond donors (Lipinski definition) is 2. The molecule has 9 nitrogen and oxygen atoms in total. The van der Waals surface area contributed by atoms with E-state index in [0.29, 0.717) is 6.54 Å². The minimum atomic E-state index is -0.778. The minimum Gasteiger partial charge on any atom is -0.366 e. The third kappa shape index (κ3) is 4.77. The summed E-state index contributed by atoms with van der Waals surface area (Å²) in [6.45, 7) is 4.43. The first kappa shape index (κ1) is 22.2. The Kier molecular flexibility index (Phi) is 6.21. The van der Waals surface area contributed by atoms with Crippen LogP contribution in [0.4, 0.5) is 5.69 Å². The minimum absolute atomic E-state index is 0.150. The van der Waals surface area contributed by atoms with Gasteiger partial charge >= 0.3 is 11.8 Å². The van der Waals surface area contributed by atoms with E-state index in [2.05, 4.69) is 15.4 Å². The molecular weight excluding hydrogens is 420 g/mol. The largest absolute Gasteiger partial charge is 0.366 e. The molecule has 1 aliphatic rings. The van der Waals surface area contributed by atoms with Gasteiger partial charge < -0.3 is 16.0 Å². The highest BCUT2D eigenvalue weighted by atomic mass is 16.2. The highest BCUT2D eigenvalue weighted by Crippen LogP contribution is 2.32. The summed E-state index contributed by atoms with van der Waals surface area (Å²) in [5.41, 5.74) is 9.47. The summed E-state index contributed by atoms with van der Waals surface area (Å²) >= 11 is 0. The summed E-state index contributed by atoms with van der Waals surface area (Å²) in [6.07, 6.45) is 5.22. The van der Waals surface area contributed by atoms with Gasteiger partial charge in [0.1, 0.15) is 0 Å². The summed E-state index contributed by atoms with van der Waals surface area (Å²) in [5, 5.41) is 7.09. The number of primary amides is 1. The van der Waals surface area contributed by atoms with E-state index in [-0.39, 0.29) is 17.3 Å². The molecule has 0 saturated carbocycles. The van der Waals surface area contributed by atoms with Gasteiger partial charge in [-0.2, -0.15) is 5.10 Å². The Hall–Kier alpha value is -4.01. The number of nitrogens with zero attached hydrogens (tertiary/aromatic N) is 4. The van der Waals surface area contributed by atoms with Gasteiger partial charge in [-0.05, 0) is 62.9 Å².